The molecule has 1 aromatic rings. The van der Waals surface area contributed by atoms with Crippen LogP contribution in [0.2, 0.25) is 0 Å². The van der Waals surface area contributed by atoms with Gasteiger partial charge in [-0.05, 0) is 32.1 Å². The van der Waals surface area contributed by atoms with E-state index in [0.29, 0.717) is 24.1 Å². The first-order valence-electron chi connectivity index (χ1n) is 6.61. The largest absolute Gasteiger partial charge is 0.480 e. The Hall–Kier alpha value is -1.08. The van der Waals surface area contributed by atoms with Gasteiger partial charge < -0.3 is 9.67 Å². The van der Waals surface area contributed by atoms with Crippen molar-refractivity contribution in [3.05, 3.63) is 6.33 Å². The third-order valence-electron chi connectivity index (χ3n) is 3.88. The van der Waals surface area contributed by atoms with Gasteiger partial charge in [0.25, 0.3) is 0 Å². The van der Waals surface area contributed by atoms with E-state index >= 15 is 0 Å². The van der Waals surface area contributed by atoms with Crippen LogP contribution in [0.1, 0.15) is 32.1 Å². The van der Waals surface area contributed by atoms with E-state index in [1.165, 1.54) is 0 Å². The van der Waals surface area contributed by atoms with Gasteiger partial charge in [0.2, 0.25) is 0 Å². The molecular formula is C12H18N4O2S. The van der Waals surface area contributed by atoms with Gasteiger partial charge in [-0.1, -0.05) is 11.8 Å². The summed E-state index contributed by atoms with van der Waals surface area (Å²) in [6, 6.07) is 0.412. The predicted octanol–water partition coefficient (Wildman–Crippen LogP) is 1.04. The molecule has 2 N–H and O–H groups in total. The van der Waals surface area contributed by atoms with Crippen molar-refractivity contribution < 1.29 is 9.90 Å². The molecule has 19 heavy (non-hydrogen) atoms. The molecule has 0 aliphatic heterocycles. The molecule has 1 aromatic heterocycles. The van der Waals surface area contributed by atoms with E-state index in [0.717, 1.165) is 24.4 Å². The zero-order valence-corrected chi connectivity index (χ0v) is 11.7. The van der Waals surface area contributed by atoms with Crippen LogP contribution in [0, 0.1) is 0 Å². The van der Waals surface area contributed by atoms with Crippen LogP contribution in [-0.2, 0) is 11.8 Å². The highest BCUT2D eigenvalue weighted by molar-refractivity contribution is 7.99. The van der Waals surface area contributed by atoms with E-state index in [1.54, 1.807) is 18.1 Å². The highest BCUT2D eigenvalue weighted by Gasteiger charge is 2.48. The lowest BCUT2D eigenvalue weighted by molar-refractivity contribution is -0.144. The summed E-state index contributed by atoms with van der Waals surface area (Å²) in [5.74, 6) is -0.708. The standard InChI is InChI=1S/C12H18N4O2S/c1-16-7-13-15-11(16)19-9-4-5-12(6-9,10(17)18)14-8-2-3-8/h7-9,14H,2-6H2,1H3,(H,17,18). The Morgan fingerprint density at radius 2 is 2.37 bits per heavy atom. The van der Waals surface area contributed by atoms with Gasteiger partial charge >= 0.3 is 5.97 Å². The number of carboxylic acid groups (broad SMARTS) is 1. The van der Waals surface area contributed by atoms with Crippen LogP contribution >= 0.6 is 11.8 Å². The molecule has 0 bridgehead atoms. The molecule has 0 amide bonds. The van der Waals surface area contributed by atoms with Crippen molar-refractivity contribution in [3.8, 4) is 0 Å². The van der Waals surface area contributed by atoms with Gasteiger partial charge in [-0.15, -0.1) is 10.2 Å². The molecule has 6 nitrogen and oxygen atoms in total. The molecule has 2 saturated carbocycles. The molecule has 1 heterocycles. The molecular weight excluding hydrogens is 264 g/mol. The summed E-state index contributed by atoms with van der Waals surface area (Å²) in [6.07, 6.45) is 6.16. The van der Waals surface area contributed by atoms with Gasteiger partial charge in [0.05, 0.1) is 0 Å². The second kappa shape index (κ2) is 4.79. The van der Waals surface area contributed by atoms with Crippen LogP contribution in [-0.4, -0.2) is 42.7 Å². The first kappa shape index (κ1) is 12.9. The molecule has 3 rings (SSSR count). The van der Waals surface area contributed by atoms with E-state index < -0.39 is 11.5 Å². The SMILES string of the molecule is Cn1cnnc1SC1CCC(NC2CC2)(C(=O)O)C1. The number of carboxylic acids is 1. The zero-order chi connectivity index (χ0) is 13.5. The average molecular weight is 282 g/mol. The third-order valence-corrected chi connectivity index (χ3v) is 5.19. The summed E-state index contributed by atoms with van der Waals surface area (Å²) in [4.78, 5) is 11.6. The Balaban J connectivity index is 1.67. The molecule has 104 valence electrons. The van der Waals surface area contributed by atoms with Crippen molar-refractivity contribution in [3.63, 3.8) is 0 Å². The lowest BCUT2D eigenvalue weighted by Gasteiger charge is -2.25. The second-order valence-electron chi connectivity index (χ2n) is 5.51. The fraction of sp³-hybridized carbons (Fsp3) is 0.750. The Kier molecular flexibility index (Phi) is 3.26. The molecule has 7 heteroatoms. The maximum atomic E-state index is 11.6. The molecule has 0 saturated heterocycles. The summed E-state index contributed by atoms with van der Waals surface area (Å²) in [5, 5.41) is 21.9. The van der Waals surface area contributed by atoms with Crippen molar-refractivity contribution in [2.45, 2.75) is 54.1 Å². The summed E-state index contributed by atoms with van der Waals surface area (Å²) in [6.45, 7) is 0. The lowest BCUT2D eigenvalue weighted by Crippen LogP contribution is -2.51. The number of aromatic nitrogens is 3. The quantitative estimate of drug-likeness (QED) is 0.840. The van der Waals surface area contributed by atoms with E-state index in [1.807, 2.05) is 11.6 Å². The number of aryl methyl sites for hydroxylation is 1. The molecule has 0 radical (unpaired) electrons. The molecule has 0 spiro atoms. The Morgan fingerprint density at radius 3 is 2.95 bits per heavy atom. The minimum absolute atomic E-state index is 0.297. The van der Waals surface area contributed by atoms with Crippen LogP contribution in [0.15, 0.2) is 11.5 Å². The van der Waals surface area contributed by atoms with E-state index in [-0.39, 0.29) is 0 Å². The highest BCUT2D eigenvalue weighted by atomic mass is 32.2. The number of rotatable bonds is 5. The molecule has 2 unspecified atom stereocenters. The lowest BCUT2D eigenvalue weighted by atomic mass is 9.98. The molecule has 2 atom stereocenters. The number of aliphatic carboxylic acids is 1. The van der Waals surface area contributed by atoms with E-state index in [2.05, 4.69) is 15.5 Å². The highest BCUT2D eigenvalue weighted by Crippen LogP contribution is 2.41. The molecule has 2 aliphatic rings. The Labute approximate surface area is 116 Å². The first-order chi connectivity index (χ1) is 9.09. The number of thioether (sulfide) groups is 1. The van der Waals surface area contributed by atoms with Crippen molar-refractivity contribution in [1.29, 1.82) is 0 Å². The number of carbonyl (C=O) groups is 1. The Bertz CT molecular complexity index is 488. The summed E-state index contributed by atoms with van der Waals surface area (Å²) in [5.41, 5.74) is -0.725. The van der Waals surface area contributed by atoms with Crippen molar-refractivity contribution in [1.82, 2.24) is 20.1 Å². The minimum atomic E-state index is -0.725. The fourth-order valence-electron chi connectivity index (χ4n) is 2.63. The molecule has 0 aromatic carbocycles. The van der Waals surface area contributed by atoms with Gasteiger partial charge in [-0.3, -0.25) is 10.1 Å². The number of nitrogens with one attached hydrogen (secondary N) is 1. The topological polar surface area (TPSA) is 80.0 Å². The normalized spacial score (nSPS) is 30.7. The van der Waals surface area contributed by atoms with Crippen LogP contribution in [0.5, 0.6) is 0 Å². The average Bonchev–Trinajstić information content (AvgIpc) is 2.93. The van der Waals surface area contributed by atoms with Crippen molar-refractivity contribution >= 4 is 17.7 Å². The maximum Gasteiger partial charge on any atom is 0.323 e. The summed E-state index contributed by atoms with van der Waals surface area (Å²) >= 11 is 1.64. The van der Waals surface area contributed by atoms with Crippen molar-refractivity contribution in [2.24, 2.45) is 7.05 Å². The zero-order valence-electron chi connectivity index (χ0n) is 10.9. The minimum Gasteiger partial charge on any atom is -0.480 e. The number of nitrogens with zero attached hydrogens (tertiary/aromatic N) is 3. The summed E-state index contributed by atoms with van der Waals surface area (Å²) < 4.78 is 1.87. The number of hydrogen-bond donors (Lipinski definition) is 2. The molecule has 2 fully saturated rings. The molecule has 2 aliphatic carbocycles. The van der Waals surface area contributed by atoms with E-state index in [9.17, 15) is 9.90 Å². The van der Waals surface area contributed by atoms with Crippen LogP contribution in [0.4, 0.5) is 0 Å². The Morgan fingerprint density at radius 1 is 1.58 bits per heavy atom. The van der Waals surface area contributed by atoms with Gasteiger partial charge in [0, 0.05) is 18.3 Å². The van der Waals surface area contributed by atoms with Crippen LogP contribution in [0.25, 0.3) is 0 Å². The fourth-order valence-corrected chi connectivity index (χ4v) is 3.84. The first-order valence-corrected chi connectivity index (χ1v) is 7.49. The van der Waals surface area contributed by atoms with Gasteiger partial charge in [-0.2, -0.15) is 0 Å². The second-order valence-corrected chi connectivity index (χ2v) is 6.78. The van der Waals surface area contributed by atoms with Crippen LogP contribution in [0.3, 0.4) is 0 Å². The van der Waals surface area contributed by atoms with Gasteiger partial charge in [0.1, 0.15) is 11.9 Å². The maximum absolute atomic E-state index is 11.6. The van der Waals surface area contributed by atoms with E-state index in [4.69, 9.17) is 0 Å². The smallest absolute Gasteiger partial charge is 0.323 e. The van der Waals surface area contributed by atoms with Crippen molar-refractivity contribution in [2.75, 3.05) is 0 Å². The van der Waals surface area contributed by atoms with Crippen LogP contribution < -0.4 is 5.32 Å². The monoisotopic (exact) mass is 282 g/mol. The number of hydrogen-bond acceptors (Lipinski definition) is 5. The van der Waals surface area contributed by atoms with Gasteiger partial charge in [-0.25, -0.2) is 0 Å². The van der Waals surface area contributed by atoms with Gasteiger partial charge in [0.15, 0.2) is 5.16 Å². The summed E-state index contributed by atoms with van der Waals surface area (Å²) in [7, 11) is 1.91. The third kappa shape index (κ3) is 2.62. The predicted molar refractivity (Wildman–Crippen MR) is 71.0 cm³/mol.